The van der Waals surface area contributed by atoms with E-state index in [9.17, 15) is 9.59 Å². The highest BCUT2D eigenvalue weighted by atomic mass is 16.5. The summed E-state index contributed by atoms with van der Waals surface area (Å²) in [7, 11) is 1.36. The van der Waals surface area contributed by atoms with Gasteiger partial charge >= 0.3 is 6.09 Å². The van der Waals surface area contributed by atoms with Gasteiger partial charge in [0.25, 0.3) is 0 Å². The van der Waals surface area contributed by atoms with E-state index in [4.69, 9.17) is 0 Å². The van der Waals surface area contributed by atoms with Gasteiger partial charge in [-0.25, -0.2) is 4.79 Å². The predicted molar refractivity (Wildman–Crippen MR) is 67.9 cm³/mol. The summed E-state index contributed by atoms with van der Waals surface area (Å²) in [4.78, 5) is 22.4. The maximum absolute atomic E-state index is 11.4. The SMILES string of the molecule is CC.CCC(=O)C1CCC(NC(=O)OC)CC1. The summed E-state index contributed by atoms with van der Waals surface area (Å²) in [6, 6.07) is 0.179. The molecular formula is C13H25NO3. The number of amides is 1. The predicted octanol–water partition coefficient (Wildman–Crippen LogP) is 2.91. The zero-order chi connectivity index (χ0) is 13.3. The second-order valence-corrected chi connectivity index (χ2v) is 4.00. The van der Waals surface area contributed by atoms with Crippen molar-refractivity contribution < 1.29 is 14.3 Å². The van der Waals surface area contributed by atoms with Gasteiger partial charge in [-0.3, -0.25) is 4.79 Å². The maximum Gasteiger partial charge on any atom is 0.407 e. The first-order valence-corrected chi connectivity index (χ1v) is 6.54. The van der Waals surface area contributed by atoms with Gasteiger partial charge in [0.15, 0.2) is 0 Å². The fourth-order valence-corrected chi connectivity index (χ4v) is 2.07. The van der Waals surface area contributed by atoms with E-state index in [-0.39, 0.29) is 18.1 Å². The molecule has 1 amide bonds. The van der Waals surface area contributed by atoms with E-state index in [1.807, 2.05) is 20.8 Å². The molecule has 1 saturated carbocycles. The average Bonchev–Trinajstić information content (AvgIpc) is 2.40. The van der Waals surface area contributed by atoms with Crippen molar-refractivity contribution in [3.8, 4) is 0 Å². The molecule has 0 aromatic rings. The van der Waals surface area contributed by atoms with Crippen molar-refractivity contribution in [3.05, 3.63) is 0 Å². The molecule has 1 rings (SSSR count). The fraction of sp³-hybridized carbons (Fsp3) is 0.846. The molecular weight excluding hydrogens is 218 g/mol. The van der Waals surface area contributed by atoms with Gasteiger partial charge in [-0.15, -0.1) is 0 Å². The lowest BCUT2D eigenvalue weighted by Crippen LogP contribution is -2.38. The molecule has 1 aliphatic rings. The third kappa shape index (κ3) is 5.71. The zero-order valence-corrected chi connectivity index (χ0v) is 11.4. The van der Waals surface area contributed by atoms with Gasteiger partial charge in [-0.05, 0) is 25.7 Å². The fourth-order valence-electron chi connectivity index (χ4n) is 2.07. The number of hydrogen-bond donors (Lipinski definition) is 1. The zero-order valence-electron chi connectivity index (χ0n) is 11.4. The summed E-state index contributed by atoms with van der Waals surface area (Å²) in [5, 5.41) is 2.77. The molecule has 0 aromatic heterocycles. The number of methoxy groups -OCH3 is 1. The molecule has 0 bridgehead atoms. The van der Waals surface area contributed by atoms with Crippen LogP contribution in [0.3, 0.4) is 0 Å². The van der Waals surface area contributed by atoms with Crippen molar-refractivity contribution in [1.29, 1.82) is 0 Å². The van der Waals surface area contributed by atoms with Gasteiger partial charge in [0.1, 0.15) is 5.78 Å². The normalized spacial score (nSPS) is 23.1. The standard InChI is InChI=1S/C11H19NO3.C2H6/c1-3-10(13)8-4-6-9(7-5-8)12-11(14)15-2;1-2/h8-9H,3-7H2,1-2H3,(H,12,14);1-2H3. The van der Waals surface area contributed by atoms with E-state index >= 15 is 0 Å². The van der Waals surface area contributed by atoms with Crippen LogP contribution in [-0.2, 0) is 9.53 Å². The molecule has 0 aliphatic heterocycles. The van der Waals surface area contributed by atoms with Gasteiger partial charge in [0.2, 0.25) is 0 Å². The minimum absolute atomic E-state index is 0.179. The van der Waals surface area contributed by atoms with Crippen LogP contribution in [0.1, 0.15) is 52.9 Å². The molecule has 1 aliphatic carbocycles. The van der Waals surface area contributed by atoms with E-state index in [1.165, 1.54) is 7.11 Å². The van der Waals surface area contributed by atoms with Crippen LogP contribution in [0, 0.1) is 5.92 Å². The first-order valence-electron chi connectivity index (χ1n) is 6.54. The highest BCUT2D eigenvalue weighted by molar-refractivity contribution is 5.80. The molecule has 0 spiro atoms. The summed E-state index contributed by atoms with van der Waals surface area (Å²) in [6.07, 6.45) is 3.79. The number of ether oxygens (including phenoxy) is 1. The molecule has 1 N–H and O–H groups in total. The van der Waals surface area contributed by atoms with Crippen LogP contribution in [0.25, 0.3) is 0 Å². The number of rotatable bonds is 3. The monoisotopic (exact) mass is 243 g/mol. The van der Waals surface area contributed by atoms with Crippen LogP contribution in [0.4, 0.5) is 4.79 Å². The number of alkyl carbamates (subject to hydrolysis) is 1. The van der Waals surface area contributed by atoms with Gasteiger partial charge < -0.3 is 10.1 Å². The van der Waals surface area contributed by atoms with Gasteiger partial charge in [-0.1, -0.05) is 20.8 Å². The van der Waals surface area contributed by atoms with Crippen LogP contribution in [0.2, 0.25) is 0 Å². The minimum atomic E-state index is -0.375. The topological polar surface area (TPSA) is 55.4 Å². The van der Waals surface area contributed by atoms with Gasteiger partial charge in [0, 0.05) is 18.4 Å². The summed E-state index contributed by atoms with van der Waals surface area (Å²) >= 11 is 0. The molecule has 1 fully saturated rings. The molecule has 0 aromatic carbocycles. The maximum atomic E-state index is 11.4. The van der Waals surface area contributed by atoms with Crippen molar-refractivity contribution in [2.24, 2.45) is 5.92 Å². The summed E-state index contributed by atoms with van der Waals surface area (Å²) in [6.45, 7) is 5.90. The largest absolute Gasteiger partial charge is 0.453 e. The lowest BCUT2D eigenvalue weighted by Gasteiger charge is -2.27. The second kappa shape index (κ2) is 9.02. The van der Waals surface area contributed by atoms with E-state index in [0.717, 1.165) is 25.7 Å². The Kier molecular flexibility index (Phi) is 8.46. The number of ketones is 1. The first kappa shape index (κ1) is 15.9. The van der Waals surface area contributed by atoms with E-state index < -0.39 is 0 Å². The summed E-state index contributed by atoms with van der Waals surface area (Å²) < 4.78 is 4.53. The second-order valence-electron chi connectivity index (χ2n) is 4.00. The van der Waals surface area contributed by atoms with Crippen molar-refractivity contribution in [1.82, 2.24) is 5.32 Å². The number of nitrogens with one attached hydrogen (secondary N) is 1. The Morgan fingerprint density at radius 3 is 2.12 bits per heavy atom. The minimum Gasteiger partial charge on any atom is -0.453 e. The Morgan fingerprint density at radius 2 is 1.71 bits per heavy atom. The van der Waals surface area contributed by atoms with E-state index in [2.05, 4.69) is 10.1 Å². The average molecular weight is 243 g/mol. The summed E-state index contributed by atoms with van der Waals surface area (Å²) in [5.41, 5.74) is 0. The highest BCUT2D eigenvalue weighted by Crippen LogP contribution is 2.25. The Labute approximate surface area is 104 Å². The molecule has 0 saturated heterocycles. The van der Waals surface area contributed by atoms with E-state index in [0.29, 0.717) is 12.2 Å². The smallest absolute Gasteiger partial charge is 0.407 e. The van der Waals surface area contributed by atoms with Gasteiger partial charge in [0.05, 0.1) is 7.11 Å². The lowest BCUT2D eigenvalue weighted by atomic mass is 9.83. The van der Waals surface area contributed by atoms with Crippen LogP contribution in [0.5, 0.6) is 0 Å². The molecule has 17 heavy (non-hydrogen) atoms. The van der Waals surface area contributed by atoms with Crippen LogP contribution >= 0.6 is 0 Å². The number of carbonyl (C=O) groups excluding carboxylic acids is 2. The Morgan fingerprint density at radius 1 is 1.18 bits per heavy atom. The molecule has 4 heteroatoms. The summed E-state index contributed by atoms with van der Waals surface area (Å²) in [5.74, 6) is 0.567. The quantitative estimate of drug-likeness (QED) is 0.829. The Balaban J connectivity index is 0.00000121. The molecule has 100 valence electrons. The van der Waals surface area contributed by atoms with Crippen molar-refractivity contribution in [3.63, 3.8) is 0 Å². The van der Waals surface area contributed by atoms with Gasteiger partial charge in [-0.2, -0.15) is 0 Å². The molecule has 0 atom stereocenters. The third-order valence-corrected chi connectivity index (χ3v) is 3.04. The molecule has 0 unspecified atom stereocenters. The van der Waals surface area contributed by atoms with Crippen molar-refractivity contribution >= 4 is 11.9 Å². The van der Waals surface area contributed by atoms with Crippen LogP contribution < -0.4 is 5.32 Å². The lowest BCUT2D eigenvalue weighted by molar-refractivity contribution is -0.123. The highest BCUT2D eigenvalue weighted by Gasteiger charge is 2.25. The van der Waals surface area contributed by atoms with Crippen LogP contribution in [-0.4, -0.2) is 25.0 Å². The molecule has 0 heterocycles. The number of Topliss-reactive ketones (excluding diaryl/α,β-unsaturated/α-hetero) is 1. The molecule has 4 nitrogen and oxygen atoms in total. The number of carbonyl (C=O) groups is 2. The van der Waals surface area contributed by atoms with Crippen molar-refractivity contribution in [2.45, 2.75) is 58.9 Å². The first-order chi connectivity index (χ1) is 8.17. The number of hydrogen-bond acceptors (Lipinski definition) is 3. The Hall–Kier alpha value is -1.06. The van der Waals surface area contributed by atoms with E-state index in [1.54, 1.807) is 0 Å². The van der Waals surface area contributed by atoms with Crippen molar-refractivity contribution in [2.75, 3.05) is 7.11 Å². The molecule has 0 radical (unpaired) electrons. The third-order valence-electron chi connectivity index (χ3n) is 3.04. The Bertz CT molecular complexity index is 233. The van der Waals surface area contributed by atoms with Crippen LogP contribution in [0.15, 0.2) is 0 Å².